The summed E-state index contributed by atoms with van der Waals surface area (Å²) in [7, 11) is 0. The number of carboxylic acids is 1. The monoisotopic (exact) mass is 349 g/mol. The first kappa shape index (κ1) is 17.7. The molecule has 0 aliphatic carbocycles. The van der Waals surface area contributed by atoms with E-state index >= 15 is 0 Å². The average Bonchev–Trinajstić information content (AvgIpc) is 2.56. The Hall–Kier alpha value is -3.60. The second-order valence-electron chi connectivity index (χ2n) is 4.85. The van der Waals surface area contributed by atoms with Crippen molar-refractivity contribution in [1.29, 1.82) is 0 Å². The Balaban J connectivity index is 2.87. The lowest BCUT2D eigenvalue weighted by atomic mass is 9.96. The summed E-state index contributed by atoms with van der Waals surface area (Å²) in [5, 5.41) is 42.4. The number of carboxylic acid groups (broad SMARTS) is 1. The van der Waals surface area contributed by atoms with Crippen LogP contribution in [0.1, 0.15) is 20.7 Å². The van der Waals surface area contributed by atoms with E-state index in [4.69, 9.17) is 5.11 Å². The zero-order chi connectivity index (χ0) is 18.7. The van der Waals surface area contributed by atoms with Crippen molar-refractivity contribution in [2.45, 2.75) is 0 Å². The topological polar surface area (TPSA) is 173 Å². The zero-order valence-corrected chi connectivity index (χ0v) is 12.5. The number of rotatable bonds is 6. The van der Waals surface area contributed by atoms with Crippen molar-refractivity contribution in [2.24, 2.45) is 0 Å². The number of fused-ring (bicyclic) bond motifs is 1. The van der Waals surface area contributed by atoms with Crippen LogP contribution in [0.15, 0.2) is 24.3 Å². The number of nitro benzene ring substituents is 2. The van der Waals surface area contributed by atoms with E-state index in [0.717, 1.165) is 24.3 Å². The van der Waals surface area contributed by atoms with Crippen LogP contribution < -0.4 is 5.32 Å². The molecular weight excluding hydrogens is 338 g/mol. The molecule has 1 amide bonds. The highest BCUT2D eigenvalue weighted by molar-refractivity contribution is 6.16. The van der Waals surface area contributed by atoms with Gasteiger partial charge in [0, 0.05) is 24.7 Å². The molecule has 0 aliphatic rings. The van der Waals surface area contributed by atoms with Gasteiger partial charge in [-0.25, -0.2) is 4.79 Å². The number of amides is 1. The highest BCUT2D eigenvalue weighted by Gasteiger charge is 2.30. The molecule has 0 atom stereocenters. The molecule has 0 bridgehead atoms. The van der Waals surface area contributed by atoms with Gasteiger partial charge >= 0.3 is 5.97 Å². The fraction of sp³-hybridized carbons (Fsp3) is 0.143. The zero-order valence-electron chi connectivity index (χ0n) is 12.5. The molecule has 0 aliphatic heterocycles. The number of nitrogens with zero attached hydrogens (tertiary/aromatic N) is 2. The maximum Gasteiger partial charge on any atom is 0.337 e. The maximum atomic E-state index is 12.2. The van der Waals surface area contributed by atoms with Gasteiger partial charge in [0.15, 0.2) is 0 Å². The number of hydrogen-bond acceptors (Lipinski definition) is 7. The molecule has 0 saturated carbocycles. The number of benzene rings is 2. The molecule has 11 nitrogen and oxygen atoms in total. The van der Waals surface area contributed by atoms with Gasteiger partial charge in [0.05, 0.1) is 22.0 Å². The Kier molecular flexibility index (Phi) is 4.89. The highest BCUT2D eigenvalue weighted by atomic mass is 16.6. The summed E-state index contributed by atoms with van der Waals surface area (Å²) in [6, 6.07) is 4.05. The normalized spacial score (nSPS) is 10.4. The Labute approximate surface area is 138 Å². The van der Waals surface area contributed by atoms with Crippen LogP contribution in [0.3, 0.4) is 0 Å². The minimum Gasteiger partial charge on any atom is -0.478 e. The van der Waals surface area contributed by atoms with Gasteiger partial charge in [-0.05, 0) is 16.8 Å². The summed E-state index contributed by atoms with van der Waals surface area (Å²) in [4.78, 5) is 44.3. The van der Waals surface area contributed by atoms with E-state index in [9.17, 15) is 34.9 Å². The molecule has 2 rings (SSSR count). The number of carbonyl (C=O) groups excluding carboxylic acids is 1. The van der Waals surface area contributed by atoms with Gasteiger partial charge in [0.1, 0.15) is 5.56 Å². The van der Waals surface area contributed by atoms with Crippen molar-refractivity contribution in [3.05, 3.63) is 55.6 Å². The fourth-order valence-corrected chi connectivity index (χ4v) is 2.35. The molecule has 0 unspecified atom stereocenters. The number of nitrogens with one attached hydrogen (secondary N) is 1. The molecule has 11 heteroatoms. The second-order valence-corrected chi connectivity index (χ2v) is 4.85. The van der Waals surface area contributed by atoms with Crippen molar-refractivity contribution in [1.82, 2.24) is 5.32 Å². The lowest BCUT2D eigenvalue weighted by Gasteiger charge is -2.11. The fourth-order valence-electron chi connectivity index (χ4n) is 2.35. The lowest BCUT2D eigenvalue weighted by Crippen LogP contribution is -2.29. The SMILES string of the molecule is O=C(NCCO)c1c([N+](=O)[O-])cc2cc([N+](=O)[O-])ccc2c1C(=O)O. The molecule has 0 saturated heterocycles. The molecule has 0 aromatic heterocycles. The summed E-state index contributed by atoms with van der Waals surface area (Å²) < 4.78 is 0. The van der Waals surface area contributed by atoms with Gasteiger partial charge in [0.25, 0.3) is 17.3 Å². The first-order chi connectivity index (χ1) is 11.8. The smallest absolute Gasteiger partial charge is 0.337 e. The molecule has 25 heavy (non-hydrogen) atoms. The van der Waals surface area contributed by atoms with Gasteiger partial charge in [-0.15, -0.1) is 0 Å². The number of carbonyl (C=O) groups is 2. The van der Waals surface area contributed by atoms with E-state index in [1.807, 2.05) is 0 Å². The number of nitro groups is 2. The van der Waals surface area contributed by atoms with Gasteiger partial charge < -0.3 is 15.5 Å². The lowest BCUT2D eigenvalue weighted by molar-refractivity contribution is -0.385. The van der Waals surface area contributed by atoms with E-state index in [2.05, 4.69) is 5.32 Å². The van der Waals surface area contributed by atoms with Gasteiger partial charge in [-0.2, -0.15) is 0 Å². The third kappa shape index (κ3) is 3.35. The van der Waals surface area contributed by atoms with Crippen LogP contribution in [0, 0.1) is 20.2 Å². The van der Waals surface area contributed by atoms with Crippen LogP contribution in [0.25, 0.3) is 10.8 Å². The quantitative estimate of drug-likeness (QED) is 0.513. The van der Waals surface area contributed by atoms with E-state index in [1.54, 1.807) is 0 Å². The van der Waals surface area contributed by atoms with Crippen molar-refractivity contribution < 1.29 is 29.6 Å². The molecule has 0 spiro atoms. The van der Waals surface area contributed by atoms with Crippen LogP contribution in [-0.4, -0.2) is 45.1 Å². The van der Waals surface area contributed by atoms with Crippen LogP contribution in [-0.2, 0) is 0 Å². The minimum absolute atomic E-state index is 0.0575. The van der Waals surface area contributed by atoms with Crippen LogP contribution >= 0.6 is 0 Å². The third-order valence-electron chi connectivity index (χ3n) is 3.35. The second kappa shape index (κ2) is 6.88. The largest absolute Gasteiger partial charge is 0.478 e. The Morgan fingerprint density at radius 1 is 1.08 bits per heavy atom. The van der Waals surface area contributed by atoms with Gasteiger partial charge in [-0.1, -0.05) is 0 Å². The molecule has 0 heterocycles. The first-order valence-corrected chi connectivity index (χ1v) is 6.79. The van der Waals surface area contributed by atoms with E-state index in [0.29, 0.717) is 0 Å². The number of aliphatic hydroxyl groups excluding tert-OH is 1. The van der Waals surface area contributed by atoms with E-state index in [1.165, 1.54) is 0 Å². The van der Waals surface area contributed by atoms with E-state index in [-0.39, 0.29) is 23.0 Å². The van der Waals surface area contributed by atoms with Gasteiger partial charge in [-0.3, -0.25) is 25.0 Å². The molecule has 0 radical (unpaired) electrons. The summed E-state index contributed by atoms with van der Waals surface area (Å²) in [6.07, 6.45) is 0. The summed E-state index contributed by atoms with van der Waals surface area (Å²) in [5.41, 5.74) is -2.52. The minimum atomic E-state index is -1.60. The van der Waals surface area contributed by atoms with Crippen LogP contribution in [0.5, 0.6) is 0 Å². The van der Waals surface area contributed by atoms with Crippen molar-refractivity contribution in [2.75, 3.05) is 13.2 Å². The number of hydrogen-bond donors (Lipinski definition) is 3. The average molecular weight is 349 g/mol. The first-order valence-electron chi connectivity index (χ1n) is 6.79. The Morgan fingerprint density at radius 2 is 1.76 bits per heavy atom. The number of aliphatic hydroxyl groups is 1. The number of non-ortho nitro benzene ring substituents is 1. The molecule has 130 valence electrons. The van der Waals surface area contributed by atoms with E-state index < -0.39 is 45.1 Å². The molecular formula is C14H11N3O8. The van der Waals surface area contributed by atoms with Crippen molar-refractivity contribution in [3.8, 4) is 0 Å². The Morgan fingerprint density at radius 3 is 2.28 bits per heavy atom. The summed E-state index contributed by atoms with van der Waals surface area (Å²) in [6.45, 7) is -0.672. The van der Waals surface area contributed by atoms with Crippen molar-refractivity contribution in [3.63, 3.8) is 0 Å². The number of aromatic carboxylic acids is 1. The maximum absolute atomic E-state index is 12.2. The summed E-state index contributed by atoms with van der Waals surface area (Å²) in [5.74, 6) is -2.64. The molecule has 2 aromatic rings. The standard InChI is InChI=1S/C14H11N3O8/c18-4-3-15-13(19)12-10(17(24)25)6-7-5-8(16(22)23)1-2-9(7)11(12)14(20)21/h1-2,5-6,18H,3-4H2,(H,15,19)(H,20,21). The summed E-state index contributed by atoms with van der Waals surface area (Å²) >= 11 is 0. The predicted molar refractivity (Wildman–Crippen MR) is 83.6 cm³/mol. The Bertz CT molecular complexity index is 909. The third-order valence-corrected chi connectivity index (χ3v) is 3.35. The predicted octanol–water partition coefficient (Wildman–Crippen LogP) is 1.08. The van der Waals surface area contributed by atoms with Crippen molar-refractivity contribution >= 4 is 34.0 Å². The highest BCUT2D eigenvalue weighted by Crippen LogP contribution is 2.33. The molecule has 2 aromatic carbocycles. The van der Waals surface area contributed by atoms with Crippen LogP contribution in [0.4, 0.5) is 11.4 Å². The van der Waals surface area contributed by atoms with Crippen LogP contribution in [0.2, 0.25) is 0 Å². The molecule has 0 fully saturated rings. The van der Waals surface area contributed by atoms with Gasteiger partial charge in [0.2, 0.25) is 0 Å². The molecule has 3 N–H and O–H groups in total.